The van der Waals surface area contributed by atoms with Gasteiger partial charge in [0.05, 0.1) is 11.2 Å². The molecule has 0 aliphatic carbocycles. The second-order valence-corrected chi connectivity index (χ2v) is 5.89. The van der Waals surface area contributed by atoms with E-state index in [4.69, 9.17) is 5.11 Å². The van der Waals surface area contributed by atoms with E-state index >= 15 is 0 Å². The SMILES string of the molecule is CC(C)(C)c1ncsc1C(=O)NCCCC(=O)O. The van der Waals surface area contributed by atoms with E-state index in [-0.39, 0.29) is 17.7 Å². The molecule has 6 heteroatoms. The summed E-state index contributed by atoms with van der Waals surface area (Å²) in [6.45, 7) is 6.38. The van der Waals surface area contributed by atoms with Gasteiger partial charge in [-0.2, -0.15) is 0 Å². The number of nitrogens with one attached hydrogen (secondary N) is 1. The van der Waals surface area contributed by atoms with E-state index in [0.717, 1.165) is 5.69 Å². The van der Waals surface area contributed by atoms with Gasteiger partial charge in [-0.1, -0.05) is 20.8 Å². The molecule has 0 spiro atoms. The predicted molar refractivity (Wildman–Crippen MR) is 70.0 cm³/mol. The molecular weight excluding hydrogens is 252 g/mol. The Morgan fingerprint density at radius 2 is 2.11 bits per heavy atom. The normalized spacial score (nSPS) is 11.3. The minimum atomic E-state index is -0.850. The molecule has 1 aromatic heterocycles. The molecule has 0 aliphatic rings. The van der Waals surface area contributed by atoms with Gasteiger partial charge in [0, 0.05) is 18.4 Å². The first-order valence-corrected chi connectivity index (χ1v) is 6.64. The third-order valence-corrected chi connectivity index (χ3v) is 3.16. The summed E-state index contributed by atoms with van der Waals surface area (Å²) in [7, 11) is 0. The van der Waals surface area contributed by atoms with Gasteiger partial charge in [-0.15, -0.1) is 11.3 Å². The van der Waals surface area contributed by atoms with Crippen molar-refractivity contribution < 1.29 is 14.7 Å². The van der Waals surface area contributed by atoms with Gasteiger partial charge in [-0.25, -0.2) is 4.98 Å². The first kappa shape index (κ1) is 14.6. The lowest BCUT2D eigenvalue weighted by Crippen LogP contribution is -2.27. The average Bonchev–Trinajstić information content (AvgIpc) is 2.72. The summed E-state index contributed by atoms with van der Waals surface area (Å²) in [5.41, 5.74) is 2.27. The van der Waals surface area contributed by atoms with Crippen molar-refractivity contribution in [1.29, 1.82) is 0 Å². The van der Waals surface area contributed by atoms with Crippen molar-refractivity contribution in [2.45, 2.75) is 39.0 Å². The highest BCUT2D eigenvalue weighted by Crippen LogP contribution is 2.26. The van der Waals surface area contributed by atoms with Crippen molar-refractivity contribution in [2.24, 2.45) is 0 Å². The van der Waals surface area contributed by atoms with Gasteiger partial charge in [0.1, 0.15) is 4.88 Å². The lowest BCUT2D eigenvalue weighted by molar-refractivity contribution is -0.137. The number of rotatable bonds is 5. The number of hydrogen-bond donors (Lipinski definition) is 2. The molecule has 0 aliphatic heterocycles. The molecule has 0 aromatic carbocycles. The number of hydrogen-bond acceptors (Lipinski definition) is 4. The summed E-state index contributed by atoms with van der Waals surface area (Å²) in [6, 6.07) is 0. The van der Waals surface area contributed by atoms with Crippen LogP contribution in [0.5, 0.6) is 0 Å². The van der Waals surface area contributed by atoms with Crippen molar-refractivity contribution in [1.82, 2.24) is 10.3 Å². The molecule has 0 fully saturated rings. The minimum Gasteiger partial charge on any atom is -0.481 e. The van der Waals surface area contributed by atoms with E-state index < -0.39 is 5.97 Å². The van der Waals surface area contributed by atoms with Crippen LogP contribution in [-0.2, 0) is 10.2 Å². The Balaban J connectivity index is 2.57. The van der Waals surface area contributed by atoms with E-state index in [1.54, 1.807) is 5.51 Å². The monoisotopic (exact) mass is 270 g/mol. The molecule has 0 saturated heterocycles. The van der Waals surface area contributed by atoms with Crippen LogP contribution in [0.3, 0.4) is 0 Å². The van der Waals surface area contributed by atoms with Crippen LogP contribution in [-0.4, -0.2) is 28.5 Å². The largest absolute Gasteiger partial charge is 0.481 e. The first-order chi connectivity index (χ1) is 8.32. The summed E-state index contributed by atoms with van der Waals surface area (Å²) in [4.78, 5) is 27.1. The Morgan fingerprint density at radius 3 is 2.67 bits per heavy atom. The van der Waals surface area contributed by atoms with Gasteiger partial charge in [0.25, 0.3) is 5.91 Å². The number of thiazole rings is 1. The molecule has 1 heterocycles. The molecular formula is C12H18N2O3S. The number of nitrogens with zero attached hydrogens (tertiary/aromatic N) is 1. The number of aliphatic carboxylic acids is 1. The van der Waals surface area contributed by atoms with Crippen molar-refractivity contribution in [3.05, 3.63) is 16.1 Å². The zero-order valence-corrected chi connectivity index (χ0v) is 11.6. The summed E-state index contributed by atoms with van der Waals surface area (Å²) < 4.78 is 0. The standard InChI is InChI=1S/C12H18N2O3S/c1-12(2,3)10-9(18-7-14-10)11(17)13-6-4-5-8(15)16/h7H,4-6H2,1-3H3,(H,13,17)(H,15,16). The van der Waals surface area contributed by atoms with Gasteiger partial charge in [0.2, 0.25) is 0 Å². The summed E-state index contributed by atoms with van der Waals surface area (Å²) in [5, 5.41) is 11.2. The molecule has 100 valence electrons. The molecule has 1 rings (SSSR count). The summed E-state index contributed by atoms with van der Waals surface area (Å²) in [6.07, 6.45) is 0.500. The van der Waals surface area contributed by atoms with Gasteiger partial charge < -0.3 is 10.4 Å². The predicted octanol–water partition coefficient (Wildman–Crippen LogP) is 2.04. The zero-order valence-electron chi connectivity index (χ0n) is 10.8. The summed E-state index contributed by atoms with van der Waals surface area (Å²) in [5.74, 6) is -1.02. The Bertz CT molecular complexity index is 435. The van der Waals surface area contributed by atoms with Gasteiger partial charge in [0.15, 0.2) is 0 Å². The molecule has 0 atom stereocenters. The molecule has 1 aromatic rings. The van der Waals surface area contributed by atoms with E-state index in [1.165, 1.54) is 11.3 Å². The van der Waals surface area contributed by atoms with Gasteiger partial charge in [-0.05, 0) is 6.42 Å². The van der Waals surface area contributed by atoms with E-state index in [1.807, 2.05) is 20.8 Å². The van der Waals surface area contributed by atoms with Crippen molar-refractivity contribution in [3.8, 4) is 0 Å². The Labute approximate surface area is 110 Å². The number of carboxylic acids is 1. The molecule has 5 nitrogen and oxygen atoms in total. The summed E-state index contributed by atoms with van der Waals surface area (Å²) >= 11 is 1.31. The van der Waals surface area contributed by atoms with E-state index in [2.05, 4.69) is 10.3 Å². The molecule has 1 amide bonds. The minimum absolute atomic E-state index is 0.0646. The van der Waals surface area contributed by atoms with Crippen molar-refractivity contribution in [2.75, 3.05) is 6.54 Å². The quantitative estimate of drug-likeness (QED) is 0.802. The van der Waals surface area contributed by atoms with Crippen molar-refractivity contribution in [3.63, 3.8) is 0 Å². The molecule has 0 unspecified atom stereocenters. The Kier molecular flexibility index (Phi) is 4.84. The van der Waals surface area contributed by atoms with Crippen LogP contribution in [0.15, 0.2) is 5.51 Å². The molecule has 0 radical (unpaired) electrons. The average molecular weight is 270 g/mol. The first-order valence-electron chi connectivity index (χ1n) is 5.76. The highest BCUT2D eigenvalue weighted by atomic mass is 32.1. The number of carbonyl (C=O) groups excluding carboxylic acids is 1. The molecule has 18 heavy (non-hydrogen) atoms. The van der Waals surface area contributed by atoms with Crippen LogP contribution in [0.4, 0.5) is 0 Å². The Morgan fingerprint density at radius 1 is 1.44 bits per heavy atom. The van der Waals surface area contributed by atoms with Gasteiger partial charge in [-0.3, -0.25) is 9.59 Å². The topological polar surface area (TPSA) is 79.3 Å². The Hall–Kier alpha value is -1.43. The maximum Gasteiger partial charge on any atom is 0.303 e. The van der Waals surface area contributed by atoms with Crippen LogP contribution in [0, 0.1) is 0 Å². The fraction of sp³-hybridized carbons (Fsp3) is 0.583. The smallest absolute Gasteiger partial charge is 0.303 e. The second-order valence-electron chi connectivity index (χ2n) is 5.03. The van der Waals surface area contributed by atoms with Crippen LogP contribution in [0.25, 0.3) is 0 Å². The lowest BCUT2D eigenvalue weighted by Gasteiger charge is -2.17. The third kappa shape index (κ3) is 4.10. The van der Waals surface area contributed by atoms with Crippen LogP contribution >= 0.6 is 11.3 Å². The lowest BCUT2D eigenvalue weighted by atomic mass is 9.91. The van der Waals surface area contributed by atoms with Crippen LogP contribution < -0.4 is 5.32 Å². The van der Waals surface area contributed by atoms with Crippen LogP contribution in [0.1, 0.15) is 49.0 Å². The number of amides is 1. The maximum absolute atomic E-state index is 11.9. The molecule has 0 bridgehead atoms. The second kappa shape index (κ2) is 5.95. The van der Waals surface area contributed by atoms with E-state index in [0.29, 0.717) is 17.8 Å². The maximum atomic E-state index is 11.9. The third-order valence-electron chi connectivity index (χ3n) is 2.34. The number of aromatic nitrogens is 1. The molecule has 2 N–H and O–H groups in total. The van der Waals surface area contributed by atoms with Gasteiger partial charge >= 0.3 is 5.97 Å². The van der Waals surface area contributed by atoms with E-state index in [9.17, 15) is 9.59 Å². The molecule has 0 saturated carbocycles. The highest BCUT2D eigenvalue weighted by molar-refractivity contribution is 7.11. The van der Waals surface area contributed by atoms with Crippen molar-refractivity contribution >= 4 is 23.2 Å². The van der Waals surface area contributed by atoms with Crippen LogP contribution in [0.2, 0.25) is 0 Å². The highest BCUT2D eigenvalue weighted by Gasteiger charge is 2.24. The zero-order chi connectivity index (χ0) is 13.8. The number of carbonyl (C=O) groups is 2. The fourth-order valence-electron chi connectivity index (χ4n) is 1.46. The fourth-order valence-corrected chi connectivity index (χ4v) is 2.38. The number of carboxylic acid groups (broad SMARTS) is 1.